The standard InChI is InChI=1S/C17H20N2O2/c1-11-3-4-14(12(2)9-11)10-15-17(20)19-16(18-15)13-5-7-21-8-6-13/h3-4,9-10,13H,5-8H2,1-2H3,(H,18,19,20)/b15-10-. The molecule has 2 heterocycles. The minimum atomic E-state index is -0.100. The van der Waals surface area contributed by atoms with Crippen molar-refractivity contribution in [2.24, 2.45) is 10.9 Å². The van der Waals surface area contributed by atoms with Crippen LogP contribution in [0.15, 0.2) is 28.9 Å². The Balaban J connectivity index is 1.85. The second-order valence-corrected chi connectivity index (χ2v) is 5.73. The Hall–Kier alpha value is -1.94. The van der Waals surface area contributed by atoms with Gasteiger partial charge in [0.05, 0.1) is 0 Å². The van der Waals surface area contributed by atoms with Crippen LogP contribution in [0.2, 0.25) is 0 Å². The van der Waals surface area contributed by atoms with Gasteiger partial charge in [-0.15, -0.1) is 0 Å². The fourth-order valence-electron chi connectivity index (χ4n) is 2.79. The van der Waals surface area contributed by atoms with Gasteiger partial charge in [0, 0.05) is 19.1 Å². The van der Waals surface area contributed by atoms with E-state index in [9.17, 15) is 4.79 Å². The van der Waals surface area contributed by atoms with E-state index in [1.807, 2.05) is 12.1 Å². The van der Waals surface area contributed by atoms with E-state index < -0.39 is 0 Å². The summed E-state index contributed by atoms with van der Waals surface area (Å²) < 4.78 is 5.35. The highest BCUT2D eigenvalue weighted by atomic mass is 16.5. The van der Waals surface area contributed by atoms with Gasteiger partial charge in [0.15, 0.2) is 0 Å². The van der Waals surface area contributed by atoms with Gasteiger partial charge < -0.3 is 10.1 Å². The number of amidine groups is 1. The predicted molar refractivity (Wildman–Crippen MR) is 83.0 cm³/mol. The first-order valence-electron chi connectivity index (χ1n) is 7.40. The Bertz CT molecular complexity index is 626. The zero-order valence-corrected chi connectivity index (χ0v) is 12.5. The number of rotatable bonds is 2. The van der Waals surface area contributed by atoms with Crippen LogP contribution in [-0.2, 0) is 9.53 Å². The highest BCUT2D eigenvalue weighted by molar-refractivity contribution is 6.15. The molecule has 1 aromatic carbocycles. The quantitative estimate of drug-likeness (QED) is 0.849. The smallest absolute Gasteiger partial charge is 0.275 e. The molecule has 1 N–H and O–H groups in total. The Labute approximate surface area is 124 Å². The molecule has 1 amide bonds. The van der Waals surface area contributed by atoms with Gasteiger partial charge >= 0.3 is 0 Å². The molecule has 1 aromatic rings. The van der Waals surface area contributed by atoms with Gasteiger partial charge in [-0.3, -0.25) is 4.79 Å². The monoisotopic (exact) mass is 284 g/mol. The lowest BCUT2D eigenvalue weighted by molar-refractivity contribution is -0.115. The van der Waals surface area contributed by atoms with Crippen molar-refractivity contribution >= 4 is 17.8 Å². The van der Waals surface area contributed by atoms with Gasteiger partial charge in [0.2, 0.25) is 0 Å². The van der Waals surface area contributed by atoms with Crippen molar-refractivity contribution in [1.82, 2.24) is 5.32 Å². The molecule has 0 radical (unpaired) electrons. The Morgan fingerprint density at radius 3 is 2.76 bits per heavy atom. The molecule has 1 fully saturated rings. The first-order valence-corrected chi connectivity index (χ1v) is 7.40. The zero-order valence-electron chi connectivity index (χ0n) is 12.5. The van der Waals surface area contributed by atoms with Gasteiger partial charge in [-0.05, 0) is 43.9 Å². The topological polar surface area (TPSA) is 50.7 Å². The summed E-state index contributed by atoms with van der Waals surface area (Å²) in [5, 5.41) is 2.91. The lowest BCUT2D eigenvalue weighted by Gasteiger charge is -2.21. The fraction of sp³-hybridized carbons (Fsp3) is 0.412. The number of nitrogens with zero attached hydrogens (tertiary/aromatic N) is 1. The fourth-order valence-corrected chi connectivity index (χ4v) is 2.79. The van der Waals surface area contributed by atoms with Crippen molar-refractivity contribution in [3.05, 3.63) is 40.6 Å². The minimum absolute atomic E-state index is 0.100. The van der Waals surface area contributed by atoms with Crippen molar-refractivity contribution in [2.75, 3.05) is 13.2 Å². The zero-order chi connectivity index (χ0) is 14.8. The molecule has 0 aliphatic carbocycles. The summed E-state index contributed by atoms with van der Waals surface area (Å²) in [6.07, 6.45) is 3.72. The van der Waals surface area contributed by atoms with Crippen LogP contribution in [0.25, 0.3) is 6.08 Å². The third kappa shape index (κ3) is 3.05. The minimum Gasteiger partial charge on any atom is -0.381 e. The first kappa shape index (κ1) is 14.0. The number of benzene rings is 1. The second kappa shape index (κ2) is 5.82. The van der Waals surface area contributed by atoms with E-state index in [4.69, 9.17) is 4.74 Å². The highest BCUT2D eigenvalue weighted by Gasteiger charge is 2.27. The number of ether oxygens (including phenoxy) is 1. The Kier molecular flexibility index (Phi) is 3.88. The molecule has 0 spiro atoms. The summed E-state index contributed by atoms with van der Waals surface area (Å²) in [7, 11) is 0. The number of hydrogen-bond donors (Lipinski definition) is 1. The summed E-state index contributed by atoms with van der Waals surface area (Å²) >= 11 is 0. The maximum atomic E-state index is 12.1. The summed E-state index contributed by atoms with van der Waals surface area (Å²) in [4.78, 5) is 16.6. The van der Waals surface area contributed by atoms with Gasteiger partial charge in [0.25, 0.3) is 5.91 Å². The summed E-state index contributed by atoms with van der Waals surface area (Å²) in [5.41, 5.74) is 3.92. The maximum absolute atomic E-state index is 12.1. The van der Waals surface area contributed by atoms with Gasteiger partial charge in [-0.2, -0.15) is 0 Å². The lowest BCUT2D eigenvalue weighted by atomic mass is 9.99. The molecule has 21 heavy (non-hydrogen) atoms. The molecule has 2 aliphatic heterocycles. The average molecular weight is 284 g/mol. The Morgan fingerprint density at radius 2 is 2.05 bits per heavy atom. The number of carbonyl (C=O) groups is 1. The molecule has 0 unspecified atom stereocenters. The number of nitrogens with one attached hydrogen (secondary N) is 1. The van der Waals surface area contributed by atoms with Crippen LogP contribution in [0.3, 0.4) is 0 Å². The van der Waals surface area contributed by atoms with Crippen molar-refractivity contribution in [3.8, 4) is 0 Å². The number of amides is 1. The average Bonchev–Trinajstić information content (AvgIpc) is 2.84. The van der Waals surface area contributed by atoms with E-state index in [1.54, 1.807) is 0 Å². The molecular weight excluding hydrogens is 264 g/mol. The Morgan fingerprint density at radius 1 is 1.29 bits per heavy atom. The molecule has 0 aromatic heterocycles. The molecule has 2 aliphatic rings. The molecule has 4 heteroatoms. The van der Waals surface area contributed by atoms with Crippen LogP contribution in [0.1, 0.15) is 29.5 Å². The van der Waals surface area contributed by atoms with Gasteiger partial charge in [-0.1, -0.05) is 23.8 Å². The van der Waals surface area contributed by atoms with Gasteiger partial charge in [-0.25, -0.2) is 4.99 Å². The van der Waals surface area contributed by atoms with Crippen LogP contribution < -0.4 is 5.32 Å². The van der Waals surface area contributed by atoms with Crippen molar-refractivity contribution < 1.29 is 9.53 Å². The van der Waals surface area contributed by atoms with Crippen molar-refractivity contribution in [1.29, 1.82) is 0 Å². The largest absolute Gasteiger partial charge is 0.381 e. The van der Waals surface area contributed by atoms with Crippen LogP contribution in [0, 0.1) is 19.8 Å². The normalized spacial score (nSPS) is 21.5. The van der Waals surface area contributed by atoms with E-state index in [2.05, 4.69) is 36.3 Å². The van der Waals surface area contributed by atoms with Gasteiger partial charge in [0.1, 0.15) is 11.5 Å². The molecule has 110 valence electrons. The predicted octanol–water partition coefficient (Wildman–Crippen LogP) is 2.60. The summed E-state index contributed by atoms with van der Waals surface area (Å²) in [6, 6.07) is 6.20. The van der Waals surface area contributed by atoms with Crippen LogP contribution in [0.5, 0.6) is 0 Å². The highest BCUT2D eigenvalue weighted by Crippen LogP contribution is 2.22. The second-order valence-electron chi connectivity index (χ2n) is 5.73. The van der Waals surface area contributed by atoms with Crippen molar-refractivity contribution in [2.45, 2.75) is 26.7 Å². The molecule has 0 bridgehead atoms. The first-order chi connectivity index (χ1) is 10.1. The lowest BCUT2D eigenvalue weighted by Crippen LogP contribution is -2.33. The molecular formula is C17H20N2O2. The van der Waals surface area contributed by atoms with E-state index in [1.165, 1.54) is 5.56 Å². The molecule has 3 rings (SSSR count). The summed E-state index contributed by atoms with van der Waals surface area (Å²) in [6.45, 7) is 5.61. The molecule has 4 nitrogen and oxygen atoms in total. The van der Waals surface area contributed by atoms with Crippen molar-refractivity contribution in [3.63, 3.8) is 0 Å². The van der Waals surface area contributed by atoms with Crippen LogP contribution >= 0.6 is 0 Å². The van der Waals surface area contributed by atoms with Crippen LogP contribution in [0.4, 0.5) is 0 Å². The summed E-state index contributed by atoms with van der Waals surface area (Å²) in [5.74, 6) is 1.02. The maximum Gasteiger partial charge on any atom is 0.275 e. The number of aryl methyl sites for hydroxylation is 2. The van der Waals surface area contributed by atoms with E-state index in [0.717, 1.165) is 43.0 Å². The number of aliphatic imine (C=N–C) groups is 1. The number of carbonyl (C=O) groups excluding carboxylic acids is 1. The molecule has 1 saturated heterocycles. The van der Waals surface area contributed by atoms with E-state index in [0.29, 0.717) is 11.6 Å². The molecule has 0 atom stereocenters. The number of hydrogen-bond acceptors (Lipinski definition) is 3. The van der Waals surface area contributed by atoms with E-state index >= 15 is 0 Å². The SMILES string of the molecule is Cc1ccc(/C=C2\N=C(C3CCOCC3)NC2=O)c(C)c1. The third-order valence-electron chi connectivity index (χ3n) is 4.04. The van der Waals surface area contributed by atoms with Crippen LogP contribution in [-0.4, -0.2) is 25.0 Å². The third-order valence-corrected chi connectivity index (χ3v) is 4.04. The van der Waals surface area contributed by atoms with E-state index in [-0.39, 0.29) is 5.91 Å². The molecule has 0 saturated carbocycles.